The van der Waals surface area contributed by atoms with E-state index in [0.29, 0.717) is 6.04 Å². The van der Waals surface area contributed by atoms with Crippen LogP contribution in [0.2, 0.25) is 0 Å². The highest BCUT2D eigenvalue weighted by Gasteiger charge is 2.19. The second-order valence-electron chi connectivity index (χ2n) is 3.04. The van der Waals surface area contributed by atoms with Crippen LogP contribution >= 0.6 is 11.3 Å². The number of nitrogens with one attached hydrogen (secondary N) is 1. The monoisotopic (exact) mass is 183 g/mol. The lowest BCUT2D eigenvalue weighted by molar-refractivity contribution is -0.00607. The zero-order valence-electron chi connectivity index (χ0n) is 7.12. The standard InChI is InChI=1S/C9H13NOS/c1-7-10-8(4-5-11-7)9-3-2-6-12-9/h2-3,6-8,10H,4-5H2,1H3. The maximum absolute atomic E-state index is 5.40. The van der Waals surface area contributed by atoms with Crippen LogP contribution in [0.1, 0.15) is 24.3 Å². The third-order valence-electron chi connectivity index (χ3n) is 2.10. The van der Waals surface area contributed by atoms with Crippen molar-refractivity contribution < 1.29 is 4.74 Å². The number of thiophene rings is 1. The van der Waals surface area contributed by atoms with Crippen molar-refractivity contribution >= 4 is 11.3 Å². The summed E-state index contributed by atoms with van der Waals surface area (Å²) in [7, 11) is 0. The highest BCUT2D eigenvalue weighted by Crippen LogP contribution is 2.24. The van der Waals surface area contributed by atoms with E-state index in [1.807, 2.05) is 11.3 Å². The van der Waals surface area contributed by atoms with E-state index in [4.69, 9.17) is 4.74 Å². The molecule has 1 saturated heterocycles. The lowest BCUT2D eigenvalue weighted by Crippen LogP contribution is -2.38. The molecule has 0 radical (unpaired) electrons. The van der Waals surface area contributed by atoms with Gasteiger partial charge >= 0.3 is 0 Å². The normalized spacial score (nSPS) is 30.4. The van der Waals surface area contributed by atoms with Gasteiger partial charge in [0, 0.05) is 10.9 Å². The predicted molar refractivity (Wildman–Crippen MR) is 50.2 cm³/mol. The van der Waals surface area contributed by atoms with E-state index in [2.05, 4.69) is 29.8 Å². The van der Waals surface area contributed by atoms with Gasteiger partial charge in [-0.25, -0.2) is 0 Å². The Morgan fingerprint density at radius 3 is 3.25 bits per heavy atom. The quantitative estimate of drug-likeness (QED) is 0.720. The number of hydrogen-bond donors (Lipinski definition) is 1. The maximum Gasteiger partial charge on any atom is 0.105 e. The molecule has 1 N–H and O–H groups in total. The number of ether oxygens (including phenoxy) is 1. The molecule has 1 aromatic heterocycles. The van der Waals surface area contributed by atoms with Crippen LogP contribution < -0.4 is 5.32 Å². The fraction of sp³-hybridized carbons (Fsp3) is 0.556. The van der Waals surface area contributed by atoms with Gasteiger partial charge < -0.3 is 4.74 Å². The fourth-order valence-electron chi connectivity index (χ4n) is 1.49. The van der Waals surface area contributed by atoms with Crippen molar-refractivity contribution in [3.63, 3.8) is 0 Å². The molecular formula is C9H13NOS. The first kappa shape index (κ1) is 8.23. The zero-order valence-corrected chi connectivity index (χ0v) is 7.93. The molecular weight excluding hydrogens is 170 g/mol. The Morgan fingerprint density at radius 2 is 2.58 bits per heavy atom. The van der Waals surface area contributed by atoms with E-state index in [1.165, 1.54) is 4.88 Å². The smallest absolute Gasteiger partial charge is 0.105 e. The van der Waals surface area contributed by atoms with Crippen LogP contribution in [-0.2, 0) is 4.74 Å². The Hall–Kier alpha value is -0.380. The first-order valence-electron chi connectivity index (χ1n) is 4.27. The fourth-order valence-corrected chi connectivity index (χ4v) is 2.31. The Kier molecular flexibility index (Phi) is 2.44. The molecule has 3 heteroatoms. The van der Waals surface area contributed by atoms with Crippen LogP contribution in [0, 0.1) is 0 Å². The van der Waals surface area contributed by atoms with E-state index in [-0.39, 0.29) is 6.23 Å². The number of rotatable bonds is 1. The van der Waals surface area contributed by atoms with Crippen molar-refractivity contribution in [2.75, 3.05) is 6.61 Å². The van der Waals surface area contributed by atoms with Gasteiger partial charge in [-0.3, -0.25) is 5.32 Å². The molecule has 0 spiro atoms. The van der Waals surface area contributed by atoms with Gasteiger partial charge in [-0.05, 0) is 24.8 Å². The highest BCUT2D eigenvalue weighted by molar-refractivity contribution is 7.10. The van der Waals surface area contributed by atoms with Crippen molar-refractivity contribution in [2.45, 2.75) is 25.6 Å². The first-order chi connectivity index (χ1) is 5.86. The molecule has 2 unspecified atom stereocenters. The van der Waals surface area contributed by atoms with Crippen LogP contribution in [0.3, 0.4) is 0 Å². The van der Waals surface area contributed by atoms with Gasteiger partial charge in [0.05, 0.1) is 6.61 Å². The van der Waals surface area contributed by atoms with E-state index >= 15 is 0 Å². The lowest BCUT2D eigenvalue weighted by atomic mass is 10.1. The van der Waals surface area contributed by atoms with Gasteiger partial charge in [0.1, 0.15) is 6.23 Å². The molecule has 2 rings (SSSR count). The average Bonchev–Trinajstić information content (AvgIpc) is 2.56. The van der Waals surface area contributed by atoms with Crippen LogP contribution in [-0.4, -0.2) is 12.8 Å². The van der Waals surface area contributed by atoms with Crippen molar-refractivity contribution in [2.24, 2.45) is 0 Å². The molecule has 0 saturated carbocycles. The summed E-state index contributed by atoms with van der Waals surface area (Å²) in [6.45, 7) is 2.93. The minimum atomic E-state index is 0.200. The molecule has 1 aromatic rings. The minimum absolute atomic E-state index is 0.200. The van der Waals surface area contributed by atoms with Gasteiger partial charge in [0.25, 0.3) is 0 Å². The topological polar surface area (TPSA) is 21.3 Å². The van der Waals surface area contributed by atoms with E-state index in [9.17, 15) is 0 Å². The average molecular weight is 183 g/mol. The van der Waals surface area contributed by atoms with E-state index < -0.39 is 0 Å². The summed E-state index contributed by atoms with van der Waals surface area (Å²) in [4.78, 5) is 1.42. The molecule has 0 amide bonds. The van der Waals surface area contributed by atoms with Gasteiger partial charge in [0.2, 0.25) is 0 Å². The van der Waals surface area contributed by atoms with Crippen LogP contribution in [0.4, 0.5) is 0 Å². The molecule has 66 valence electrons. The second-order valence-corrected chi connectivity index (χ2v) is 4.02. The van der Waals surface area contributed by atoms with Gasteiger partial charge in [-0.1, -0.05) is 6.07 Å². The summed E-state index contributed by atoms with van der Waals surface area (Å²) in [6, 6.07) is 4.79. The van der Waals surface area contributed by atoms with Crippen molar-refractivity contribution in [3.05, 3.63) is 22.4 Å². The molecule has 1 aliphatic heterocycles. The molecule has 0 bridgehead atoms. The second kappa shape index (κ2) is 3.56. The Balaban J connectivity index is 2.04. The molecule has 2 nitrogen and oxygen atoms in total. The largest absolute Gasteiger partial charge is 0.364 e. The predicted octanol–water partition coefficient (Wildman–Crippen LogP) is 2.15. The van der Waals surface area contributed by atoms with Crippen molar-refractivity contribution in [1.29, 1.82) is 0 Å². The molecule has 2 atom stereocenters. The molecule has 12 heavy (non-hydrogen) atoms. The third-order valence-corrected chi connectivity index (χ3v) is 3.08. The summed E-state index contributed by atoms with van der Waals surface area (Å²) in [5, 5.41) is 5.53. The molecule has 0 aromatic carbocycles. The van der Waals surface area contributed by atoms with Crippen molar-refractivity contribution in [3.8, 4) is 0 Å². The first-order valence-corrected chi connectivity index (χ1v) is 5.15. The van der Waals surface area contributed by atoms with Crippen LogP contribution in [0.25, 0.3) is 0 Å². The summed E-state index contributed by atoms with van der Waals surface area (Å²) in [5.74, 6) is 0. The molecule has 1 fully saturated rings. The van der Waals surface area contributed by atoms with Crippen molar-refractivity contribution in [1.82, 2.24) is 5.32 Å². The van der Waals surface area contributed by atoms with E-state index in [1.54, 1.807) is 0 Å². The summed E-state index contributed by atoms with van der Waals surface area (Å²) in [5.41, 5.74) is 0. The number of hydrogen-bond acceptors (Lipinski definition) is 3. The summed E-state index contributed by atoms with van der Waals surface area (Å²) >= 11 is 1.81. The highest BCUT2D eigenvalue weighted by atomic mass is 32.1. The molecule has 0 aliphatic carbocycles. The van der Waals surface area contributed by atoms with Gasteiger partial charge in [0.15, 0.2) is 0 Å². The molecule has 2 heterocycles. The van der Waals surface area contributed by atoms with Gasteiger partial charge in [-0.15, -0.1) is 11.3 Å². The SMILES string of the molecule is CC1NC(c2cccs2)CCO1. The Bertz CT molecular complexity index is 235. The van der Waals surface area contributed by atoms with E-state index in [0.717, 1.165) is 13.0 Å². The van der Waals surface area contributed by atoms with Crippen LogP contribution in [0.15, 0.2) is 17.5 Å². The minimum Gasteiger partial charge on any atom is -0.364 e. The molecule has 1 aliphatic rings. The Labute approximate surface area is 76.6 Å². The Morgan fingerprint density at radius 1 is 1.67 bits per heavy atom. The zero-order chi connectivity index (χ0) is 8.39. The summed E-state index contributed by atoms with van der Waals surface area (Å²) < 4.78 is 5.40. The maximum atomic E-state index is 5.40. The lowest BCUT2D eigenvalue weighted by Gasteiger charge is -2.28. The summed E-state index contributed by atoms with van der Waals surface area (Å²) in [6.07, 6.45) is 1.29. The third kappa shape index (κ3) is 1.68. The van der Waals surface area contributed by atoms with Crippen LogP contribution in [0.5, 0.6) is 0 Å². The van der Waals surface area contributed by atoms with Gasteiger partial charge in [-0.2, -0.15) is 0 Å².